The molecule has 1 aliphatic heterocycles. The zero-order chi connectivity index (χ0) is 25.1. The van der Waals surface area contributed by atoms with Crippen LogP contribution in [0.5, 0.6) is 5.75 Å². The van der Waals surface area contributed by atoms with Crippen molar-refractivity contribution in [1.29, 1.82) is 0 Å². The summed E-state index contributed by atoms with van der Waals surface area (Å²) in [6.07, 6.45) is 3.98. The predicted molar refractivity (Wildman–Crippen MR) is 144 cm³/mol. The van der Waals surface area contributed by atoms with Gasteiger partial charge in [-0.1, -0.05) is 17.7 Å². The van der Waals surface area contributed by atoms with Crippen molar-refractivity contribution in [3.05, 3.63) is 45.1 Å². The molecule has 0 amide bonds. The third-order valence-electron chi connectivity index (χ3n) is 7.05. The number of anilines is 1. The van der Waals surface area contributed by atoms with Gasteiger partial charge in [-0.25, -0.2) is 9.97 Å². The SMILES string of the molecule is COc1ccc(CNc2nc(CN3CCN(CC(O)CO)CC3)nc3sc4c(c23)CCCC4)cc1Cl. The van der Waals surface area contributed by atoms with Gasteiger partial charge in [0.25, 0.3) is 0 Å². The molecule has 0 bridgehead atoms. The molecule has 0 saturated carbocycles. The predicted octanol–water partition coefficient (Wildman–Crippen LogP) is 3.32. The van der Waals surface area contributed by atoms with E-state index in [0.29, 0.717) is 30.4 Å². The molecule has 8 nitrogen and oxygen atoms in total. The van der Waals surface area contributed by atoms with Crippen molar-refractivity contribution in [3.63, 3.8) is 0 Å². The van der Waals surface area contributed by atoms with Crippen molar-refractivity contribution in [2.45, 2.75) is 44.9 Å². The Labute approximate surface area is 220 Å². The number of aliphatic hydroxyl groups is 2. The zero-order valence-corrected chi connectivity index (χ0v) is 22.2. The van der Waals surface area contributed by atoms with Gasteiger partial charge in [-0.05, 0) is 48.9 Å². The van der Waals surface area contributed by atoms with Gasteiger partial charge in [0.1, 0.15) is 22.2 Å². The van der Waals surface area contributed by atoms with Crippen LogP contribution >= 0.6 is 22.9 Å². The van der Waals surface area contributed by atoms with Crippen molar-refractivity contribution in [2.24, 2.45) is 0 Å². The summed E-state index contributed by atoms with van der Waals surface area (Å²) in [6.45, 7) is 5.10. The van der Waals surface area contributed by atoms with Crippen molar-refractivity contribution >= 4 is 39.0 Å². The second-order valence-electron chi connectivity index (χ2n) is 9.62. The van der Waals surface area contributed by atoms with Gasteiger partial charge in [-0.2, -0.15) is 0 Å². The molecule has 36 heavy (non-hydrogen) atoms. The highest BCUT2D eigenvalue weighted by Crippen LogP contribution is 2.39. The molecule has 3 heterocycles. The van der Waals surface area contributed by atoms with Crippen LogP contribution in [0.15, 0.2) is 18.2 Å². The maximum absolute atomic E-state index is 9.74. The van der Waals surface area contributed by atoms with Crippen LogP contribution in [-0.2, 0) is 25.9 Å². The highest BCUT2D eigenvalue weighted by Gasteiger charge is 2.23. The molecule has 1 atom stereocenters. The van der Waals surface area contributed by atoms with E-state index < -0.39 is 6.10 Å². The number of β-amino-alcohol motifs (C(OH)–C–C–N with tert-alkyl or cyclic N) is 1. The smallest absolute Gasteiger partial charge is 0.146 e. The lowest BCUT2D eigenvalue weighted by molar-refractivity contribution is 0.0379. The molecule has 1 unspecified atom stereocenters. The number of aromatic nitrogens is 2. The first kappa shape index (κ1) is 25.6. The van der Waals surface area contributed by atoms with Crippen molar-refractivity contribution in [3.8, 4) is 5.75 Å². The minimum absolute atomic E-state index is 0.197. The molecule has 1 aromatic carbocycles. The number of aryl methyl sites for hydroxylation is 2. The number of piperazine rings is 1. The minimum atomic E-state index is -0.679. The maximum atomic E-state index is 9.74. The summed E-state index contributed by atoms with van der Waals surface area (Å²) < 4.78 is 5.29. The van der Waals surface area contributed by atoms with Crippen LogP contribution in [0.3, 0.4) is 0 Å². The molecular weight excluding hydrogens is 498 g/mol. The average molecular weight is 532 g/mol. The van der Waals surface area contributed by atoms with Crippen molar-refractivity contribution < 1.29 is 14.9 Å². The number of hydrogen-bond donors (Lipinski definition) is 3. The number of nitrogens with zero attached hydrogens (tertiary/aromatic N) is 4. The molecule has 1 saturated heterocycles. The van der Waals surface area contributed by atoms with Gasteiger partial charge < -0.3 is 20.3 Å². The third-order valence-corrected chi connectivity index (χ3v) is 8.53. The Morgan fingerprint density at radius 1 is 1.14 bits per heavy atom. The highest BCUT2D eigenvalue weighted by molar-refractivity contribution is 7.19. The summed E-state index contributed by atoms with van der Waals surface area (Å²) in [5.41, 5.74) is 2.48. The molecule has 0 spiro atoms. The third kappa shape index (κ3) is 5.77. The van der Waals surface area contributed by atoms with E-state index in [1.807, 2.05) is 29.5 Å². The Hall–Kier alpha value is -2.01. The fourth-order valence-corrected chi connectivity index (χ4v) is 6.65. The topological polar surface area (TPSA) is 94.0 Å². The van der Waals surface area contributed by atoms with Crippen LogP contribution in [0, 0.1) is 0 Å². The van der Waals surface area contributed by atoms with E-state index in [1.54, 1.807) is 7.11 Å². The fraction of sp³-hybridized carbons (Fsp3) is 0.538. The normalized spacial score (nSPS) is 17.8. The number of halogens is 1. The standard InChI is InChI=1S/C26H34ClN5O3S/c1-35-21-7-6-17(12-20(21)27)13-28-25-24-19-4-2-3-5-22(19)36-26(24)30-23(29-25)15-32-10-8-31(9-11-32)14-18(34)16-33/h6-7,12,18,33-34H,2-5,8-11,13-16H2,1H3,(H,28,29,30). The van der Waals surface area contributed by atoms with E-state index in [-0.39, 0.29) is 6.61 Å². The lowest BCUT2D eigenvalue weighted by Crippen LogP contribution is -2.48. The molecule has 5 rings (SSSR count). The van der Waals surface area contributed by atoms with E-state index >= 15 is 0 Å². The highest BCUT2D eigenvalue weighted by atomic mass is 35.5. The van der Waals surface area contributed by atoms with Crippen LogP contribution in [0.1, 0.15) is 34.7 Å². The molecular formula is C26H34ClN5O3S. The van der Waals surface area contributed by atoms with Gasteiger partial charge in [0.15, 0.2) is 0 Å². The van der Waals surface area contributed by atoms with E-state index in [1.165, 1.54) is 28.7 Å². The lowest BCUT2D eigenvalue weighted by atomic mass is 9.97. The first-order valence-corrected chi connectivity index (χ1v) is 13.8. The van der Waals surface area contributed by atoms with Gasteiger partial charge in [0.05, 0.1) is 36.8 Å². The quantitative estimate of drug-likeness (QED) is 0.387. The van der Waals surface area contributed by atoms with Crippen LogP contribution in [-0.4, -0.2) is 82.5 Å². The molecule has 0 radical (unpaired) electrons. The second-order valence-corrected chi connectivity index (χ2v) is 11.1. The van der Waals surface area contributed by atoms with E-state index in [2.05, 4.69) is 15.1 Å². The Balaban J connectivity index is 1.35. The number of aliphatic hydroxyl groups excluding tert-OH is 2. The summed E-state index contributed by atoms with van der Waals surface area (Å²) in [7, 11) is 1.62. The molecule has 2 aromatic heterocycles. The summed E-state index contributed by atoms with van der Waals surface area (Å²) in [5.74, 6) is 2.41. The van der Waals surface area contributed by atoms with E-state index in [0.717, 1.165) is 61.1 Å². The summed E-state index contributed by atoms with van der Waals surface area (Å²) in [6, 6.07) is 5.85. The van der Waals surface area contributed by atoms with Gasteiger partial charge in [0.2, 0.25) is 0 Å². The van der Waals surface area contributed by atoms with Gasteiger partial charge in [-0.3, -0.25) is 9.80 Å². The van der Waals surface area contributed by atoms with Crippen LogP contribution in [0.4, 0.5) is 5.82 Å². The molecule has 1 aliphatic carbocycles. The Morgan fingerprint density at radius 3 is 2.67 bits per heavy atom. The molecule has 2 aliphatic rings. The van der Waals surface area contributed by atoms with Gasteiger partial charge in [0, 0.05) is 44.1 Å². The number of hydrogen-bond acceptors (Lipinski definition) is 9. The van der Waals surface area contributed by atoms with Gasteiger partial charge >= 0.3 is 0 Å². The molecule has 3 aromatic rings. The second kappa shape index (κ2) is 11.6. The summed E-state index contributed by atoms with van der Waals surface area (Å²) in [5, 5.41) is 24.2. The zero-order valence-electron chi connectivity index (χ0n) is 20.7. The Bertz CT molecular complexity index is 1200. The van der Waals surface area contributed by atoms with E-state index in [4.69, 9.17) is 31.4 Å². The summed E-state index contributed by atoms with van der Waals surface area (Å²) in [4.78, 5) is 17.1. The number of benzene rings is 1. The summed E-state index contributed by atoms with van der Waals surface area (Å²) >= 11 is 8.17. The average Bonchev–Trinajstić information content (AvgIpc) is 3.27. The van der Waals surface area contributed by atoms with Crippen LogP contribution < -0.4 is 10.1 Å². The van der Waals surface area contributed by atoms with Crippen molar-refractivity contribution in [2.75, 3.05) is 51.8 Å². The molecule has 194 valence electrons. The molecule has 3 N–H and O–H groups in total. The number of rotatable bonds is 9. The molecule has 1 fully saturated rings. The van der Waals surface area contributed by atoms with E-state index in [9.17, 15) is 5.11 Å². The maximum Gasteiger partial charge on any atom is 0.146 e. The fourth-order valence-electron chi connectivity index (χ4n) is 5.09. The Kier molecular flexibility index (Phi) is 8.25. The number of methoxy groups -OCH3 is 1. The number of fused-ring (bicyclic) bond motifs is 3. The largest absolute Gasteiger partial charge is 0.495 e. The van der Waals surface area contributed by atoms with Crippen LogP contribution in [0.25, 0.3) is 10.2 Å². The first-order chi connectivity index (χ1) is 17.5. The Morgan fingerprint density at radius 2 is 1.92 bits per heavy atom. The lowest BCUT2D eigenvalue weighted by Gasteiger charge is -2.35. The monoisotopic (exact) mass is 531 g/mol. The van der Waals surface area contributed by atoms with Crippen molar-refractivity contribution in [1.82, 2.24) is 19.8 Å². The van der Waals surface area contributed by atoms with Crippen LogP contribution in [0.2, 0.25) is 5.02 Å². The minimum Gasteiger partial charge on any atom is -0.495 e. The first-order valence-electron chi connectivity index (χ1n) is 12.6. The number of thiophene rings is 1. The van der Waals surface area contributed by atoms with Gasteiger partial charge in [-0.15, -0.1) is 11.3 Å². The number of nitrogens with one attached hydrogen (secondary N) is 1. The molecule has 10 heteroatoms. The number of ether oxygens (including phenoxy) is 1.